The van der Waals surface area contributed by atoms with Crippen LogP contribution in [-0.4, -0.2) is 19.4 Å². The van der Waals surface area contributed by atoms with Gasteiger partial charge in [-0.15, -0.1) is 0 Å². The molecule has 2 rings (SSSR count). The van der Waals surface area contributed by atoms with Crippen molar-refractivity contribution in [3.05, 3.63) is 66.2 Å². The molecule has 0 heterocycles. The molecule has 0 fully saturated rings. The number of nitrogens with zero attached hydrogens (tertiary/aromatic N) is 2. The van der Waals surface area contributed by atoms with Crippen LogP contribution in [0.15, 0.2) is 60.7 Å². The average molecular weight is 264 g/mol. The topological polar surface area (TPSA) is 44.1 Å². The zero-order chi connectivity index (χ0) is 14.4. The van der Waals surface area contributed by atoms with Gasteiger partial charge in [0.25, 0.3) is 0 Å². The van der Waals surface area contributed by atoms with Gasteiger partial charge in [0.2, 0.25) is 0 Å². The highest BCUT2D eigenvalue weighted by molar-refractivity contribution is 5.92. The molecule has 0 saturated carbocycles. The minimum Gasteiger partial charge on any atom is -0.367 e. The van der Waals surface area contributed by atoms with Crippen molar-refractivity contribution in [2.75, 3.05) is 18.5 Å². The van der Waals surface area contributed by atoms with Gasteiger partial charge >= 0.3 is 0 Å². The Morgan fingerprint density at radius 2 is 1.65 bits per heavy atom. The van der Waals surface area contributed by atoms with Gasteiger partial charge in [-0.25, -0.2) is 0 Å². The Morgan fingerprint density at radius 1 is 1.10 bits per heavy atom. The molecule has 0 aliphatic heterocycles. The second kappa shape index (κ2) is 6.53. The number of Topliss-reactive ketones (excluding diaryl/α,β-unsaturated/α-hetero) is 1. The van der Waals surface area contributed by atoms with Gasteiger partial charge in [0.15, 0.2) is 5.78 Å². The van der Waals surface area contributed by atoms with Crippen molar-refractivity contribution in [3.8, 4) is 6.07 Å². The molecule has 0 bridgehead atoms. The summed E-state index contributed by atoms with van der Waals surface area (Å²) < 4.78 is 0. The first-order valence-corrected chi connectivity index (χ1v) is 6.46. The summed E-state index contributed by atoms with van der Waals surface area (Å²) in [6.45, 7) is 0.219. The van der Waals surface area contributed by atoms with E-state index in [0.717, 1.165) is 11.3 Å². The third kappa shape index (κ3) is 3.24. The molecule has 0 unspecified atom stereocenters. The van der Waals surface area contributed by atoms with E-state index in [9.17, 15) is 10.1 Å². The molecule has 1 atom stereocenters. The number of hydrogen-bond donors (Lipinski definition) is 0. The molecule has 0 saturated heterocycles. The van der Waals surface area contributed by atoms with Crippen molar-refractivity contribution in [2.24, 2.45) is 0 Å². The van der Waals surface area contributed by atoms with Crippen molar-refractivity contribution in [1.29, 1.82) is 5.26 Å². The summed E-state index contributed by atoms with van der Waals surface area (Å²) in [5.74, 6) is -0.799. The summed E-state index contributed by atoms with van der Waals surface area (Å²) in [6, 6.07) is 20.9. The fraction of sp³-hybridized carbons (Fsp3) is 0.176. The predicted molar refractivity (Wildman–Crippen MR) is 79.5 cm³/mol. The highest BCUT2D eigenvalue weighted by atomic mass is 16.1. The highest BCUT2D eigenvalue weighted by Crippen LogP contribution is 2.18. The van der Waals surface area contributed by atoms with Crippen LogP contribution in [0.2, 0.25) is 0 Å². The number of nitriles is 1. The van der Waals surface area contributed by atoms with Crippen LogP contribution in [0.25, 0.3) is 0 Å². The summed E-state index contributed by atoms with van der Waals surface area (Å²) in [7, 11) is 1.85. The number of rotatable bonds is 5. The van der Waals surface area contributed by atoms with E-state index in [2.05, 4.69) is 6.07 Å². The number of carbonyl (C=O) groups is 1. The molecule has 2 aromatic rings. The van der Waals surface area contributed by atoms with Gasteiger partial charge in [0.05, 0.1) is 12.6 Å². The Labute approximate surface area is 119 Å². The van der Waals surface area contributed by atoms with Gasteiger partial charge in [-0.3, -0.25) is 4.79 Å². The van der Waals surface area contributed by atoms with Crippen molar-refractivity contribution >= 4 is 11.5 Å². The second-order valence-electron chi connectivity index (χ2n) is 4.63. The Morgan fingerprint density at radius 3 is 2.20 bits per heavy atom. The van der Waals surface area contributed by atoms with E-state index in [1.54, 1.807) is 0 Å². The van der Waals surface area contributed by atoms with Crippen LogP contribution < -0.4 is 4.90 Å². The maximum absolute atomic E-state index is 12.3. The molecular weight excluding hydrogens is 248 g/mol. The number of benzene rings is 2. The molecule has 0 spiro atoms. The van der Waals surface area contributed by atoms with Crippen LogP contribution >= 0.6 is 0 Å². The number of hydrogen-bond acceptors (Lipinski definition) is 3. The lowest BCUT2D eigenvalue weighted by molar-refractivity contribution is -0.118. The van der Waals surface area contributed by atoms with Crippen LogP contribution in [0.1, 0.15) is 11.5 Å². The first-order chi connectivity index (χ1) is 9.72. The number of anilines is 1. The van der Waals surface area contributed by atoms with E-state index in [1.807, 2.05) is 72.6 Å². The molecule has 0 aliphatic rings. The van der Waals surface area contributed by atoms with E-state index >= 15 is 0 Å². The van der Waals surface area contributed by atoms with Crippen LogP contribution in [-0.2, 0) is 4.79 Å². The standard InChI is InChI=1S/C17H16N2O/c1-19(15-10-6-3-7-11-15)13-17(20)16(12-18)14-8-4-2-5-9-14/h2-11,16H,13H2,1H3/t16-/m0/s1. The Balaban J connectivity index is 2.10. The molecule has 3 nitrogen and oxygen atoms in total. The van der Waals surface area contributed by atoms with Gasteiger partial charge in [0.1, 0.15) is 5.92 Å². The van der Waals surface area contributed by atoms with Crippen LogP contribution in [0, 0.1) is 11.3 Å². The molecule has 0 radical (unpaired) electrons. The summed E-state index contributed by atoms with van der Waals surface area (Å²) in [6.07, 6.45) is 0. The van der Waals surface area contributed by atoms with E-state index in [4.69, 9.17) is 0 Å². The third-order valence-electron chi connectivity index (χ3n) is 3.17. The molecule has 0 amide bonds. The summed E-state index contributed by atoms with van der Waals surface area (Å²) in [4.78, 5) is 14.2. The minimum absolute atomic E-state index is 0.0925. The molecule has 0 aliphatic carbocycles. The van der Waals surface area contributed by atoms with Gasteiger partial charge < -0.3 is 4.90 Å². The summed E-state index contributed by atoms with van der Waals surface area (Å²) >= 11 is 0. The van der Waals surface area contributed by atoms with Crippen LogP contribution in [0.5, 0.6) is 0 Å². The minimum atomic E-state index is -0.706. The highest BCUT2D eigenvalue weighted by Gasteiger charge is 2.21. The van der Waals surface area contributed by atoms with Crippen molar-refractivity contribution in [2.45, 2.75) is 5.92 Å². The largest absolute Gasteiger partial charge is 0.367 e. The lowest BCUT2D eigenvalue weighted by Crippen LogP contribution is -2.28. The lowest BCUT2D eigenvalue weighted by atomic mass is 9.96. The molecular formula is C17H16N2O. The molecule has 0 N–H and O–H groups in total. The summed E-state index contributed by atoms with van der Waals surface area (Å²) in [5, 5.41) is 9.24. The smallest absolute Gasteiger partial charge is 0.173 e. The Hall–Kier alpha value is -2.60. The number of likely N-dealkylation sites (N-methyl/N-ethyl adjacent to an activating group) is 1. The monoisotopic (exact) mass is 264 g/mol. The Kier molecular flexibility index (Phi) is 4.52. The molecule has 100 valence electrons. The number of ketones is 1. The van der Waals surface area contributed by atoms with Crippen molar-refractivity contribution < 1.29 is 4.79 Å². The average Bonchev–Trinajstić information content (AvgIpc) is 2.50. The zero-order valence-corrected chi connectivity index (χ0v) is 11.4. The SMILES string of the molecule is CN(CC(=O)[C@@H](C#N)c1ccccc1)c1ccccc1. The normalized spacial score (nSPS) is 11.4. The Bertz CT molecular complexity index is 602. The van der Waals surface area contributed by atoms with E-state index < -0.39 is 5.92 Å². The second-order valence-corrected chi connectivity index (χ2v) is 4.63. The quantitative estimate of drug-likeness (QED) is 0.833. The fourth-order valence-electron chi connectivity index (χ4n) is 2.08. The van der Waals surface area contributed by atoms with Gasteiger partial charge in [0, 0.05) is 12.7 Å². The van der Waals surface area contributed by atoms with E-state index in [1.165, 1.54) is 0 Å². The first-order valence-electron chi connectivity index (χ1n) is 6.46. The van der Waals surface area contributed by atoms with E-state index in [0.29, 0.717) is 0 Å². The predicted octanol–water partition coefficient (Wildman–Crippen LogP) is 3.00. The van der Waals surface area contributed by atoms with Gasteiger partial charge in [-0.2, -0.15) is 5.26 Å². The molecule has 0 aromatic heterocycles. The van der Waals surface area contributed by atoms with Gasteiger partial charge in [-0.1, -0.05) is 48.5 Å². The fourth-order valence-corrected chi connectivity index (χ4v) is 2.08. The summed E-state index contributed by atoms with van der Waals surface area (Å²) in [5.41, 5.74) is 1.71. The molecule has 3 heteroatoms. The van der Waals surface area contributed by atoms with Gasteiger partial charge in [-0.05, 0) is 17.7 Å². The molecule has 2 aromatic carbocycles. The van der Waals surface area contributed by atoms with E-state index in [-0.39, 0.29) is 12.3 Å². The van der Waals surface area contributed by atoms with Crippen LogP contribution in [0.3, 0.4) is 0 Å². The third-order valence-corrected chi connectivity index (χ3v) is 3.17. The first kappa shape index (κ1) is 13.8. The number of para-hydroxylation sites is 1. The molecule has 20 heavy (non-hydrogen) atoms. The van der Waals surface area contributed by atoms with Crippen molar-refractivity contribution in [1.82, 2.24) is 0 Å². The van der Waals surface area contributed by atoms with Crippen molar-refractivity contribution in [3.63, 3.8) is 0 Å². The van der Waals surface area contributed by atoms with Crippen LogP contribution in [0.4, 0.5) is 5.69 Å². The maximum Gasteiger partial charge on any atom is 0.173 e. The maximum atomic E-state index is 12.3. The number of carbonyl (C=O) groups excluding carboxylic acids is 1. The lowest BCUT2D eigenvalue weighted by Gasteiger charge is -2.19. The zero-order valence-electron chi connectivity index (χ0n) is 11.4.